The third-order valence-corrected chi connectivity index (χ3v) is 7.27. The summed E-state index contributed by atoms with van der Waals surface area (Å²) < 4.78 is 1.84. The fourth-order valence-electron chi connectivity index (χ4n) is 5.22. The van der Waals surface area contributed by atoms with Crippen molar-refractivity contribution in [2.45, 2.75) is 52.6 Å². The molecule has 1 aliphatic rings. The molecule has 0 aliphatic carbocycles. The van der Waals surface area contributed by atoms with Crippen LogP contribution in [0.3, 0.4) is 0 Å². The summed E-state index contributed by atoms with van der Waals surface area (Å²) in [4.78, 5) is 26.9. The molecular formula is C29H30N4O3. The van der Waals surface area contributed by atoms with Gasteiger partial charge < -0.3 is 10.0 Å². The van der Waals surface area contributed by atoms with E-state index in [1.54, 1.807) is 0 Å². The predicted molar refractivity (Wildman–Crippen MR) is 138 cm³/mol. The lowest BCUT2D eigenvalue weighted by Gasteiger charge is -2.30. The molecular weight excluding hydrogens is 452 g/mol. The number of hydrogen-bond donors (Lipinski definition) is 1. The van der Waals surface area contributed by atoms with Gasteiger partial charge in [-0.15, -0.1) is 5.10 Å². The van der Waals surface area contributed by atoms with E-state index < -0.39 is 5.97 Å². The Morgan fingerprint density at radius 1 is 1.03 bits per heavy atom. The number of rotatable bonds is 6. The predicted octanol–water partition coefficient (Wildman–Crippen LogP) is 4.87. The molecule has 0 unspecified atom stereocenters. The van der Waals surface area contributed by atoms with E-state index in [9.17, 15) is 14.7 Å². The maximum Gasteiger partial charge on any atom is 0.304 e. The van der Waals surface area contributed by atoms with Gasteiger partial charge in [0.15, 0.2) is 0 Å². The van der Waals surface area contributed by atoms with Crippen LogP contribution in [0.4, 0.5) is 0 Å². The van der Waals surface area contributed by atoms with Crippen molar-refractivity contribution in [3.8, 4) is 0 Å². The lowest BCUT2D eigenvalue weighted by atomic mass is 9.83. The highest BCUT2D eigenvalue weighted by Crippen LogP contribution is 2.35. The Labute approximate surface area is 210 Å². The number of carbonyl (C=O) groups is 2. The Hall–Kier alpha value is -4.00. The van der Waals surface area contributed by atoms with Crippen molar-refractivity contribution in [1.82, 2.24) is 19.9 Å². The lowest BCUT2D eigenvalue weighted by Crippen LogP contribution is -2.36. The third-order valence-electron chi connectivity index (χ3n) is 7.27. The Morgan fingerprint density at radius 3 is 2.53 bits per heavy atom. The number of benzene rings is 3. The molecule has 0 radical (unpaired) electrons. The molecule has 2 heterocycles. The van der Waals surface area contributed by atoms with E-state index in [-0.39, 0.29) is 18.2 Å². The number of carboxylic acid groups (broad SMARTS) is 1. The Balaban J connectivity index is 1.49. The van der Waals surface area contributed by atoms with Crippen LogP contribution in [0.15, 0.2) is 54.6 Å². The van der Waals surface area contributed by atoms with Crippen LogP contribution < -0.4 is 0 Å². The Bertz CT molecular complexity index is 1460. The van der Waals surface area contributed by atoms with Crippen LogP contribution in [0.25, 0.3) is 11.0 Å². The van der Waals surface area contributed by atoms with Gasteiger partial charge in [0.1, 0.15) is 5.52 Å². The van der Waals surface area contributed by atoms with Crippen LogP contribution in [0.1, 0.15) is 63.0 Å². The molecule has 0 bridgehead atoms. The zero-order valence-electron chi connectivity index (χ0n) is 20.9. The highest BCUT2D eigenvalue weighted by Gasteiger charge is 2.26. The number of amides is 1. The number of aromatic nitrogens is 3. The number of carbonyl (C=O) groups excluding carboxylic acids is 1. The largest absolute Gasteiger partial charge is 0.481 e. The normalized spacial score (nSPS) is 14.0. The van der Waals surface area contributed by atoms with Crippen molar-refractivity contribution in [2.24, 2.45) is 0 Å². The quantitative estimate of drug-likeness (QED) is 0.423. The molecule has 0 saturated carbocycles. The zero-order valence-corrected chi connectivity index (χ0v) is 20.9. The van der Waals surface area contributed by atoms with E-state index >= 15 is 0 Å². The molecule has 0 fully saturated rings. The van der Waals surface area contributed by atoms with Crippen molar-refractivity contribution in [3.05, 3.63) is 93.5 Å². The first kappa shape index (κ1) is 23.7. The van der Waals surface area contributed by atoms with Crippen molar-refractivity contribution in [2.75, 3.05) is 6.54 Å². The zero-order chi connectivity index (χ0) is 25.4. The topological polar surface area (TPSA) is 88.3 Å². The molecule has 4 aromatic rings. The highest BCUT2D eigenvalue weighted by atomic mass is 16.4. The van der Waals surface area contributed by atoms with Gasteiger partial charge in [-0.3, -0.25) is 9.59 Å². The molecule has 3 aromatic carbocycles. The minimum Gasteiger partial charge on any atom is -0.481 e. The molecule has 0 saturated heterocycles. The number of hydrogen-bond acceptors (Lipinski definition) is 4. The SMILES string of the molecule is CCn1nnc2c(C)c([C@@H](CC(=O)O)c3ccc4c(c3)CN(C(=O)c3ccc(C)cc3)CC4)ccc21. The summed E-state index contributed by atoms with van der Waals surface area (Å²) in [7, 11) is 0. The second kappa shape index (κ2) is 9.57. The van der Waals surface area contributed by atoms with E-state index in [0.29, 0.717) is 18.7 Å². The Morgan fingerprint density at radius 2 is 1.81 bits per heavy atom. The van der Waals surface area contributed by atoms with Crippen LogP contribution in [0.5, 0.6) is 0 Å². The van der Waals surface area contributed by atoms with Crippen molar-refractivity contribution < 1.29 is 14.7 Å². The van der Waals surface area contributed by atoms with Crippen molar-refractivity contribution >= 4 is 22.9 Å². The average molecular weight is 483 g/mol. The van der Waals surface area contributed by atoms with Gasteiger partial charge >= 0.3 is 5.97 Å². The van der Waals surface area contributed by atoms with Crippen LogP contribution in [-0.4, -0.2) is 43.4 Å². The number of fused-ring (bicyclic) bond motifs is 2. The van der Waals surface area contributed by atoms with Crippen LogP contribution in [0, 0.1) is 13.8 Å². The summed E-state index contributed by atoms with van der Waals surface area (Å²) >= 11 is 0. The standard InChI is InChI=1S/C29H30N4O3/c1-4-33-26-12-11-24(19(3)28(26)30-31-33)25(16-27(34)35)22-10-9-20-13-14-32(17-23(20)15-22)29(36)21-7-5-18(2)6-8-21/h5-12,15,25H,4,13-14,16-17H2,1-3H3,(H,34,35)/t25-/m0/s1. The first-order valence-electron chi connectivity index (χ1n) is 12.4. The van der Waals surface area contributed by atoms with E-state index in [2.05, 4.69) is 22.4 Å². The van der Waals surface area contributed by atoms with E-state index in [0.717, 1.165) is 51.8 Å². The summed E-state index contributed by atoms with van der Waals surface area (Å²) in [5.41, 5.74) is 8.67. The molecule has 1 atom stereocenters. The number of aryl methyl sites for hydroxylation is 3. The minimum absolute atomic E-state index is 0.0217. The monoisotopic (exact) mass is 482 g/mol. The van der Waals surface area contributed by atoms with Gasteiger partial charge in [0.25, 0.3) is 5.91 Å². The minimum atomic E-state index is -0.856. The van der Waals surface area contributed by atoms with Gasteiger partial charge in [-0.2, -0.15) is 0 Å². The van der Waals surface area contributed by atoms with Crippen molar-refractivity contribution in [3.63, 3.8) is 0 Å². The first-order valence-corrected chi connectivity index (χ1v) is 12.4. The summed E-state index contributed by atoms with van der Waals surface area (Å²) in [6.45, 7) is 7.91. The summed E-state index contributed by atoms with van der Waals surface area (Å²) in [5, 5.41) is 18.4. The van der Waals surface area contributed by atoms with Gasteiger partial charge in [0.05, 0.1) is 11.9 Å². The summed E-state index contributed by atoms with van der Waals surface area (Å²) in [6, 6.07) is 17.9. The van der Waals surface area contributed by atoms with E-state index in [1.165, 1.54) is 5.56 Å². The molecule has 1 aromatic heterocycles. The van der Waals surface area contributed by atoms with Gasteiger partial charge in [-0.25, -0.2) is 4.68 Å². The van der Waals surface area contributed by atoms with Gasteiger partial charge in [-0.1, -0.05) is 47.2 Å². The fraction of sp³-hybridized carbons (Fsp3) is 0.310. The van der Waals surface area contributed by atoms with Crippen LogP contribution in [0.2, 0.25) is 0 Å². The second-order valence-corrected chi connectivity index (χ2v) is 9.57. The smallest absolute Gasteiger partial charge is 0.304 e. The third kappa shape index (κ3) is 4.37. The lowest BCUT2D eigenvalue weighted by molar-refractivity contribution is -0.137. The number of nitrogens with zero attached hydrogens (tertiary/aromatic N) is 4. The van der Waals surface area contributed by atoms with Crippen molar-refractivity contribution in [1.29, 1.82) is 0 Å². The van der Waals surface area contributed by atoms with Gasteiger partial charge in [-0.05, 0) is 73.2 Å². The number of aliphatic carboxylic acids is 1. The molecule has 36 heavy (non-hydrogen) atoms. The Kier molecular flexibility index (Phi) is 6.31. The number of carboxylic acids is 1. The maximum atomic E-state index is 13.1. The molecule has 1 aliphatic heterocycles. The maximum absolute atomic E-state index is 13.1. The fourth-order valence-corrected chi connectivity index (χ4v) is 5.22. The van der Waals surface area contributed by atoms with E-state index in [4.69, 9.17) is 0 Å². The first-order chi connectivity index (χ1) is 17.4. The van der Waals surface area contributed by atoms with E-state index in [1.807, 2.05) is 72.8 Å². The second-order valence-electron chi connectivity index (χ2n) is 9.57. The molecule has 7 nitrogen and oxygen atoms in total. The van der Waals surface area contributed by atoms with Gasteiger partial charge in [0.2, 0.25) is 0 Å². The van der Waals surface area contributed by atoms with Crippen LogP contribution in [-0.2, 0) is 24.3 Å². The molecule has 0 spiro atoms. The summed E-state index contributed by atoms with van der Waals surface area (Å²) in [6.07, 6.45) is 0.751. The molecule has 1 N–H and O–H groups in total. The molecule has 5 rings (SSSR count). The molecule has 7 heteroatoms. The van der Waals surface area contributed by atoms with Crippen LogP contribution >= 0.6 is 0 Å². The van der Waals surface area contributed by atoms with Gasteiger partial charge in [0, 0.05) is 31.1 Å². The highest BCUT2D eigenvalue weighted by molar-refractivity contribution is 5.94. The molecule has 1 amide bonds. The molecule has 184 valence electrons. The average Bonchev–Trinajstić information content (AvgIpc) is 3.31. The summed E-state index contributed by atoms with van der Waals surface area (Å²) in [5.74, 6) is -1.16.